The van der Waals surface area contributed by atoms with Crippen LogP contribution in [0.1, 0.15) is 77.2 Å². The summed E-state index contributed by atoms with van der Waals surface area (Å²) in [5.41, 5.74) is -1.70. The fourth-order valence-corrected chi connectivity index (χ4v) is 6.20. The van der Waals surface area contributed by atoms with Crippen LogP contribution in [0.2, 0.25) is 0 Å². The summed E-state index contributed by atoms with van der Waals surface area (Å²) in [5, 5.41) is 11.8. The van der Waals surface area contributed by atoms with Crippen molar-refractivity contribution in [1.29, 1.82) is 0 Å². The molecular weight excluding hydrogens is 477 g/mol. The van der Waals surface area contributed by atoms with E-state index in [4.69, 9.17) is 0 Å². The standard InChI is InChI=1S/C26H31F3N2O3S/c1-17-15-30-24(35-17)25(34)10-7-18(8-11-25)13-19-9-12-31(16-19)23(33)6-5-22(32)20-3-2-4-21(14-20)26(27,28)29/h2-4,14-15,18-19,34H,5-13,16H2,1H3. The van der Waals surface area contributed by atoms with E-state index in [2.05, 4.69) is 4.98 Å². The number of thiazole rings is 1. The number of aromatic nitrogens is 1. The summed E-state index contributed by atoms with van der Waals surface area (Å²) < 4.78 is 38.7. The maximum absolute atomic E-state index is 12.9. The SMILES string of the molecule is Cc1cnc(C2(O)CCC(CC3CCN(C(=O)CCC(=O)c4cccc(C(F)(F)F)c4)C3)CC2)s1. The molecule has 2 heterocycles. The lowest BCUT2D eigenvalue weighted by molar-refractivity contribution is -0.137. The lowest BCUT2D eigenvalue weighted by Crippen LogP contribution is -2.32. The van der Waals surface area contributed by atoms with Crippen LogP contribution < -0.4 is 0 Å². The van der Waals surface area contributed by atoms with Crippen molar-refractivity contribution >= 4 is 23.0 Å². The van der Waals surface area contributed by atoms with Crippen LogP contribution in [-0.4, -0.2) is 39.8 Å². The van der Waals surface area contributed by atoms with Crippen molar-refractivity contribution in [3.05, 3.63) is 51.5 Å². The molecule has 4 rings (SSSR count). The van der Waals surface area contributed by atoms with Crippen molar-refractivity contribution < 1.29 is 27.9 Å². The first-order valence-corrected chi connectivity index (χ1v) is 13.0. The maximum atomic E-state index is 12.9. The van der Waals surface area contributed by atoms with Crippen molar-refractivity contribution in [2.75, 3.05) is 13.1 Å². The predicted octanol–water partition coefficient (Wildman–Crippen LogP) is 5.75. The smallest absolute Gasteiger partial charge is 0.383 e. The number of benzene rings is 1. The van der Waals surface area contributed by atoms with Gasteiger partial charge in [0.2, 0.25) is 5.91 Å². The molecule has 0 radical (unpaired) electrons. The van der Waals surface area contributed by atoms with Gasteiger partial charge in [-0.1, -0.05) is 12.1 Å². The molecule has 2 aromatic rings. The van der Waals surface area contributed by atoms with E-state index in [0.29, 0.717) is 37.8 Å². The molecule has 2 fully saturated rings. The number of aryl methyl sites for hydroxylation is 1. The van der Waals surface area contributed by atoms with E-state index in [1.54, 1.807) is 22.4 Å². The Balaban J connectivity index is 1.21. The normalized spacial score (nSPS) is 25.1. The molecule has 5 nitrogen and oxygen atoms in total. The number of likely N-dealkylation sites (tertiary alicyclic amines) is 1. The Morgan fingerprint density at radius 3 is 2.57 bits per heavy atom. The van der Waals surface area contributed by atoms with Crippen LogP contribution in [0, 0.1) is 18.8 Å². The maximum Gasteiger partial charge on any atom is 0.416 e. The Morgan fingerprint density at radius 1 is 1.17 bits per heavy atom. The molecule has 1 atom stereocenters. The first-order valence-electron chi connectivity index (χ1n) is 12.2. The molecule has 1 aliphatic heterocycles. The molecule has 1 aliphatic carbocycles. The van der Waals surface area contributed by atoms with Gasteiger partial charge in [-0.3, -0.25) is 9.59 Å². The topological polar surface area (TPSA) is 70.5 Å². The molecule has 1 saturated carbocycles. The number of aliphatic hydroxyl groups is 1. The van der Waals surface area contributed by atoms with E-state index in [-0.39, 0.29) is 24.3 Å². The second kappa shape index (κ2) is 10.4. The minimum atomic E-state index is -4.51. The van der Waals surface area contributed by atoms with Gasteiger partial charge in [0.05, 0.1) is 5.56 Å². The number of nitrogens with zero attached hydrogens (tertiary/aromatic N) is 2. The number of hydrogen-bond donors (Lipinski definition) is 1. The summed E-state index contributed by atoms with van der Waals surface area (Å²) in [6, 6.07) is 4.35. The highest BCUT2D eigenvalue weighted by atomic mass is 32.1. The summed E-state index contributed by atoms with van der Waals surface area (Å²) in [4.78, 5) is 32.3. The average Bonchev–Trinajstić information content (AvgIpc) is 3.48. The van der Waals surface area contributed by atoms with Gasteiger partial charge in [-0.15, -0.1) is 11.3 Å². The third-order valence-electron chi connectivity index (χ3n) is 7.33. The molecule has 1 aromatic carbocycles. The zero-order valence-corrected chi connectivity index (χ0v) is 20.6. The summed E-state index contributed by atoms with van der Waals surface area (Å²) in [6.07, 6.45) is 2.42. The van der Waals surface area contributed by atoms with Crippen LogP contribution in [-0.2, 0) is 16.6 Å². The van der Waals surface area contributed by atoms with E-state index in [1.807, 2.05) is 6.92 Å². The van der Waals surface area contributed by atoms with E-state index >= 15 is 0 Å². The summed E-state index contributed by atoms with van der Waals surface area (Å²) in [6.45, 7) is 3.30. The molecule has 0 spiro atoms. The molecule has 1 unspecified atom stereocenters. The number of amides is 1. The monoisotopic (exact) mass is 508 g/mol. The van der Waals surface area contributed by atoms with Gasteiger partial charge >= 0.3 is 6.18 Å². The molecule has 0 bridgehead atoms. The van der Waals surface area contributed by atoms with Gasteiger partial charge in [0.25, 0.3) is 0 Å². The number of carbonyl (C=O) groups excluding carboxylic acids is 2. The molecule has 190 valence electrons. The highest BCUT2D eigenvalue weighted by Crippen LogP contribution is 2.43. The predicted molar refractivity (Wildman–Crippen MR) is 127 cm³/mol. The average molecular weight is 509 g/mol. The fraction of sp³-hybridized carbons (Fsp3) is 0.577. The Morgan fingerprint density at radius 2 is 1.91 bits per heavy atom. The first kappa shape index (κ1) is 25.8. The Labute approximate surface area is 207 Å². The van der Waals surface area contributed by atoms with Gasteiger partial charge < -0.3 is 10.0 Å². The Hall–Kier alpha value is -2.26. The van der Waals surface area contributed by atoms with Crippen molar-refractivity contribution in [2.45, 2.75) is 70.1 Å². The second-order valence-corrected chi connectivity index (χ2v) is 11.2. The lowest BCUT2D eigenvalue weighted by Gasteiger charge is -2.35. The van der Waals surface area contributed by atoms with E-state index in [9.17, 15) is 27.9 Å². The Bertz CT molecular complexity index is 1060. The third kappa shape index (κ3) is 6.30. The summed E-state index contributed by atoms with van der Waals surface area (Å²) >= 11 is 1.56. The second-order valence-electron chi connectivity index (χ2n) is 9.98. The Kier molecular flexibility index (Phi) is 7.66. The highest BCUT2D eigenvalue weighted by molar-refractivity contribution is 7.11. The minimum Gasteiger partial charge on any atom is -0.383 e. The van der Waals surface area contributed by atoms with Crippen LogP contribution >= 0.6 is 11.3 Å². The number of halogens is 3. The highest BCUT2D eigenvalue weighted by Gasteiger charge is 2.38. The number of alkyl halides is 3. The zero-order chi connectivity index (χ0) is 25.2. The number of ketones is 1. The molecule has 1 saturated heterocycles. The fourth-order valence-electron chi connectivity index (χ4n) is 5.29. The lowest BCUT2D eigenvalue weighted by atomic mass is 9.75. The number of carbonyl (C=O) groups is 2. The van der Waals surface area contributed by atoms with Crippen LogP contribution in [0.3, 0.4) is 0 Å². The van der Waals surface area contributed by atoms with Crippen molar-refractivity contribution in [1.82, 2.24) is 9.88 Å². The first-order chi connectivity index (χ1) is 16.5. The van der Waals surface area contributed by atoms with Crippen LogP contribution in [0.4, 0.5) is 13.2 Å². The van der Waals surface area contributed by atoms with Gasteiger partial charge in [-0.05, 0) is 69.4 Å². The third-order valence-corrected chi connectivity index (χ3v) is 8.44. The summed E-state index contributed by atoms with van der Waals surface area (Å²) in [7, 11) is 0. The molecule has 9 heteroatoms. The quantitative estimate of drug-likeness (QED) is 0.484. The number of rotatable bonds is 7. The molecule has 1 amide bonds. The van der Waals surface area contributed by atoms with Gasteiger partial charge in [-0.2, -0.15) is 13.2 Å². The van der Waals surface area contributed by atoms with Crippen molar-refractivity contribution in [3.63, 3.8) is 0 Å². The van der Waals surface area contributed by atoms with Crippen LogP contribution in [0.15, 0.2) is 30.5 Å². The van der Waals surface area contributed by atoms with Crippen LogP contribution in [0.25, 0.3) is 0 Å². The largest absolute Gasteiger partial charge is 0.416 e. The van der Waals surface area contributed by atoms with Gasteiger partial charge in [-0.25, -0.2) is 4.98 Å². The summed E-state index contributed by atoms with van der Waals surface area (Å²) in [5.74, 6) is 0.339. The minimum absolute atomic E-state index is 0.00545. The molecule has 1 aromatic heterocycles. The molecular formula is C26H31F3N2O3S. The van der Waals surface area contributed by atoms with Crippen LogP contribution in [0.5, 0.6) is 0 Å². The van der Waals surface area contributed by atoms with E-state index in [1.165, 1.54) is 12.1 Å². The van der Waals surface area contributed by atoms with Gasteiger partial charge in [0.1, 0.15) is 10.6 Å². The zero-order valence-electron chi connectivity index (χ0n) is 19.8. The van der Waals surface area contributed by atoms with Crippen molar-refractivity contribution in [2.24, 2.45) is 11.8 Å². The number of hydrogen-bond acceptors (Lipinski definition) is 5. The molecule has 1 N–H and O–H groups in total. The van der Waals surface area contributed by atoms with E-state index < -0.39 is 23.1 Å². The molecule has 35 heavy (non-hydrogen) atoms. The van der Waals surface area contributed by atoms with Crippen molar-refractivity contribution in [3.8, 4) is 0 Å². The van der Waals surface area contributed by atoms with E-state index in [0.717, 1.165) is 47.7 Å². The molecule has 2 aliphatic rings. The number of Topliss-reactive ketones (excluding diaryl/α,β-unsaturated/α-hetero) is 1. The van der Waals surface area contributed by atoms with Gasteiger partial charge in [0.15, 0.2) is 5.78 Å². The van der Waals surface area contributed by atoms with Gasteiger partial charge in [0, 0.05) is 42.6 Å².